The third-order valence-electron chi connectivity index (χ3n) is 5.25. The van der Waals surface area contributed by atoms with Crippen molar-refractivity contribution in [2.24, 2.45) is 0 Å². The summed E-state index contributed by atoms with van der Waals surface area (Å²) in [5, 5.41) is 14.6. The Balaban J connectivity index is 1.34. The zero-order valence-corrected chi connectivity index (χ0v) is 17.9. The lowest BCUT2D eigenvalue weighted by Gasteiger charge is -2.17. The van der Waals surface area contributed by atoms with Crippen molar-refractivity contribution in [2.45, 2.75) is 31.1 Å². The quantitative estimate of drug-likeness (QED) is 0.344. The standard InChI is InChI=1S/C23H18F4N4O4/c24-19-6-1-13(10-29-19)20(33)31-22(7-8-22)21(34)30-11-14-2-4-16(12-28-14)35-18-5-3-15(32)9-17(18)23(25,26)27/h1-6,9-10,12,32H,7-8,11H2,(H,30,34)(H,31,33). The summed E-state index contributed by atoms with van der Waals surface area (Å²) in [4.78, 5) is 32.4. The van der Waals surface area contributed by atoms with Crippen LogP contribution in [0.15, 0.2) is 54.9 Å². The Morgan fingerprint density at radius 2 is 1.83 bits per heavy atom. The van der Waals surface area contributed by atoms with Gasteiger partial charge in [-0.15, -0.1) is 0 Å². The van der Waals surface area contributed by atoms with Crippen LogP contribution < -0.4 is 15.4 Å². The van der Waals surface area contributed by atoms with Crippen LogP contribution in [0.2, 0.25) is 0 Å². The maximum atomic E-state index is 13.2. The van der Waals surface area contributed by atoms with E-state index in [1.54, 1.807) is 0 Å². The molecule has 0 aliphatic heterocycles. The molecule has 1 aliphatic carbocycles. The summed E-state index contributed by atoms with van der Waals surface area (Å²) >= 11 is 0. The Morgan fingerprint density at radius 1 is 1.06 bits per heavy atom. The third-order valence-corrected chi connectivity index (χ3v) is 5.25. The van der Waals surface area contributed by atoms with E-state index in [1.807, 2.05) is 0 Å². The van der Waals surface area contributed by atoms with Crippen LogP contribution in [0.1, 0.15) is 34.5 Å². The summed E-state index contributed by atoms with van der Waals surface area (Å²) in [5.41, 5.74) is -1.70. The molecule has 12 heteroatoms. The number of hydrogen-bond donors (Lipinski definition) is 3. The minimum atomic E-state index is -4.73. The van der Waals surface area contributed by atoms with E-state index in [9.17, 15) is 32.3 Å². The molecule has 2 amide bonds. The molecule has 3 aromatic rings. The average Bonchev–Trinajstić information content (AvgIpc) is 3.60. The number of amides is 2. The van der Waals surface area contributed by atoms with Crippen LogP contribution in [0.25, 0.3) is 0 Å². The second-order valence-corrected chi connectivity index (χ2v) is 7.85. The fraction of sp³-hybridized carbons (Fsp3) is 0.217. The number of hydrogen-bond acceptors (Lipinski definition) is 6. The number of carbonyl (C=O) groups excluding carboxylic acids is 2. The Hall–Kier alpha value is -4.22. The highest BCUT2D eigenvalue weighted by atomic mass is 19.4. The van der Waals surface area contributed by atoms with Gasteiger partial charge < -0.3 is 20.5 Å². The molecular formula is C23H18F4N4O4. The fourth-order valence-corrected chi connectivity index (χ4v) is 3.20. The van der Waals surface area contributed by atoms with Crippen molar-refractivity contribution < 1.29 is 37.0 Å². The first kappa shape index (κ1) is 23.9. The van der Waals surface area contributed by atoms with Gasteiger partial charge in [-0.1, -0.05) is 0 Å². The van der Waals surface area contributed by atoms with Crippen LogP contribution in [0, 0.1) is 5.95 Å². The summed E-state index contributed by atoms with van der Waals surface area (Å²) in [7, 11) is 0. The van der Waals surface area contributed by atoms with Crippen LogP contribution in [0.4, 0.5) is 17.6 Å². The molecule has 1 aliphatic rings. The first-order chi connectivity index (χ1) is 16.6. The predicted octanol–water partition coefficient (Wildman–Crippen LogP) is 3.71. The molecule has 8 nitrogen and oxygen atoms in total. The number of phenolic OH excluding ortho intramolecular Hbond substituents is 1. The number of pyridine rings is 2. The van der Waals surface area contributed by atoms with E-state index < -0.39 is 46.5 Å². The van der Waals surface area contributed by atoms with E-state index in [-0.39, 0.29) is 17.9 Å². The zero-order chi connectivity index (χ0) is 25.2. The maximum Gasteiger partial charge on any atom is 0.420 e. The van der Waals surface area contributed by atoms with Gasteiger partial charge in [-0.05, 0) is 55.3 Å². The number of ether oxygens (including phenoxy) is 1. The molecule has 3 N–H and O–H groups in total. The van der Waals surface area contributed by atoms with E-state index in [4.69, 9.17) is 4.74 Å². The summed E-state index contributed by atoms with van der Waals surface area (Å²) in [6, 6.07) is 7.78. The van der Waals surface area contributed by atoms with Gasteiger partial charge in [0.1, 0.15) is 28.4 Å². The van der Waals surface area contributed by atoms with E-state index in [0.717, 1.165) is 24.4 Å². The van der Waals surface area contributed by atoms with Crippen molar-refractivity contribution in [1.29, 1.82) is 0 Å². The maximum absolute atomic E-state index is 13.2. The molecule has 4 rings (SSSR count). The highest BCUT2D eigenvalue weighted by Gasteiger charge is 2.51. The number of benzene rings is 1. The Morgan fingerprint density at radius 3 is 2.43 bits per heavy atom. The topological polar surface area (TPSA) is 113 Å². The summed E-state index contributed by atoms with van der Waals surface area (Å²) in [6.07, 6.45) is -1.61. The van der Waals surface area contributed by atoms with E-state index in [2.05, 4.69) is 20.6 Å². The normalized spacial score (nSPS) is 14.2. The van der Waals surface area contributed by atoms with Crippen molar-refractivity contribution in [1.82, 2.24) is 20.6 Å². The minimum Gasteiger partial charge on any atom is -0.508 e. The number of nitrogens with one attached hydrogen (secondary N) is 2. The number of aromatic hydroxyl groups is 1. The smallest absolute Gasteiger partial charge is 0.420 e. The molecule has 1 fully saturated rings. The molecule has 0 unspecified atom stereocenters. The van der Waals surface area contributed by atoms with Crippen LogP contribution in [-0.2, 0) is 17.5 Å². The molecule has 2 heterocycles. The monoisotopic (exact) mass is 490 g/mol. The van der Waals surface area contributed by atoms with Crippen LogP contribution in [0.5, 0.6) is 17.2 Å². The molecule has 0 radical (unpaired) electrons. The lowest BCUT2D eigenvalue weighted by Crippen LogP contribution is -2.48. The van der Waals surface area contributed by atoms with Gasteiger partial charge in [-0.25, -0.2) is 4.98 Å². The number of alkyl halides is 3. The fourth-order valence-electron chi connectivity index (χ4n) is 3.20. The molecule has 182 valence electrons. The molecule has 0 bridgehead atoms. The van der Waals surface area contributed by atoms with Crippen molar-refractivity contribution in [3.05, 3.63) is 77.6 Å². The Labute approximate surface area is 196 Å². The van der Waals surface area contributed by atoms with Gasteiger partial charge in [0, 0.05) is 6.20 Å². The number of aromatic nitrogens is 2. The minimum absolute atomic E-state index is 0.00183. The number of nitrogens with zero attached hydrogens (tertiary/aromatic N) is 2. The number of phenols is 1. The van der Waals surface area contributed by atoms with E-state index >= 15 is 0 Å². The van der Waals surface area contributed by atoms with Gasteiger partial charge in [0.25, 0.3) is 5.91 Å². The van der Waals surface area contributed by atoms with Gasteiger partial charge in [0.05, 0.1) is 24.0 Å². The molecule has 0 spiro atoms. The third kappa shape index (κ3) is 5.65. The molecular weight excluding hydrogens is 472 g/mol. The highest BCUT2D eigenvalue weighted by molar-refractivity contribution is 6.00. The van der Waals surface area contributed by atoms with Gasteiger partial charge in [0.2, 0.25) is 11.9 Å². The largest absolute Gasteiger partial charge is 0.508 e. The summed E-state index contributed by atoms with van der Waals surface area (Å²) in [6.45, 7) is 0.00183. The van der Waals surface area contributed by atoms with Crippen molar-refractivity contribution in [3.8, 4) is 17.2 Å². The highest BCUT2D eigenvalue weighted by Crippen LogP contribution is 2.40. The SMILES string of the molecule is O=C(NC1(C(=O)NCc2ccc(Oc3ccc(O)cc3C(F)(F)F)cn2)CC1)c1ccc(F)nc1. The van der Waals surface area contributed by atoms with Crippen molar-refractivity contribution in [2.75, 3.05) is 0 Å². The lowest BCUT2D eigenvalue weighted by molar-refractivity contribution is -0.138. The predicted molar refractivity (Wildman–Crippen MR) is 113 cm³/mol. The summed E-state index contributed by atoms with van der Waals surface area (Å²) < 4.78 is 57.7. The zero-order valence-electron chi connectivity index (χ0n) is 17.9. The molecule has 0 atom stereocenters. The Bertz CT molecular complexity index is 1240. The molecule has 2 aromatic heterocycles. The van der Waals surface area contributed by atoms with Crippen LogP contribution in [-0.4, -0.2) is 32.4 Å². The summed E-state index contributed by atoms with van der Waals surface area (Å²) in [5.74, 6) is -2.74. The molecule has 35 heavy (non-hydrogen) atoms. The van der Waals surface area contributed by atoms with Crippen molar-refractivity contribution in [3.63, 3.8) is 0 Å². The second kappa shape index (κ2) is 9.20. The first-order valence-electron chi connectivity index (χ1n) is 10.3. The van der Waals surface area contributed by atoms with Gasteiger partial charge in [-0.3, -0.25) is 14.6 Å². The van der Waals surface area contributed by atoms with Crippen LogP contribution >= 0.6 is 0 Å². The number of rotatable bonds is 7. The van der Waals surface area contributed by atoms with E-state index in [0.29, 0.717) is 24.6 Å². The van der Waals surface area contributed by atoms with Gasteiger partial charge in [0.15, 0.2) is 0 Å². The van der Waals surface area contributed by atoms with Crippen LogP contribution in [0.3, 0.4) is 0 Å². The van der Waals surface area contributed by atoms with E-state index in [1.165, 1.54) is 24.4 Å². The average molecular weight is 490 g/mol. The number of halogens is 4. The Kier molecular flexibility index (Phi) is 6.29. The number of carbonyl (C=O) groups is 2. The molecule has 1 aromatic carbocycles. The van der Waals surface area contributed by atoms with Crippen molar-refractivity contribution >= 4 is 11.8 Å². The molecule has 1 saturated carbocycles. The van der Waals surface area contributed by atoms with Gasteiger partial charge >= 0.3 is 6.18 Å². The second-order valence-electron chi connectivity index (χ2n) is 7.85. The van der Waals surface area contributed by atoms with Gasteiger partial charge in [-0.2, -0.15) is 17.6 Å². The molecule has 0 saturated heterocycles. The lowest BCUT2D eigenvalue weighted by atomic mass is 10.2. The first-order valence-corrected chi connectivity index (χ1v) is 10.3.